The number of hydrogen-bond acceptors (Lipinski definition) is 3. The SMILES string of the molecule is CC(NCCOc1ccc2c(c1)CC[C@@H]1[C@@H]2CC[C@]2(C)[C@@H](O)CC[C@@H]12)c1ccccc1. The van der Waals surface area contributed by atoms with Gasteiger partial charge >= 0.3 is 0 Å². The van der Waals surface area contributed by atoms with Gasteiger partial charge in [0.1, 0.15) is 12.4 Å². The summed E-state index contributed by atoms with van der Waals surface area (Å²) in [7, 11) is 0. The molecule has 6 atom stereocenters. The zero-order valence-corrected chi connectivity index (χ0v) is 19.0. The lowest BCUT2D eigenvalue weighted by atomic mass is 9.55. The highest BCUT2D eigenvalue weighted by Crippen LogP contribution is 2.60. The third-order valence-electron chi connectivity index (χ3n) is 8.77. The topological polar surface area (TPSA) is 41.5 Å². The molecule has 2 aromatic carbocycles. The smallest absolute Gasteiger partial charge is 0.119 e. The molecule has 0 aromatic heterocycles. The second-order valence-electron chi connectivity index (χ2n) is 10.3. The summed E-state index contributed by atoms with van der Waals surface area (Å²) in [6.45, 7) is 6.06. The molecule has 3 aliphatic carbocycles. The van der Waals surface area contributed by atoms with Crippen LogP contribution >= 0.6 is 0 Å². The Hall–Kier alpha value is -1.84. The molecule has 3 nitrogen and oxygen atoms in total. The zero-order valence-electron chi connectivity index (χ0n) is 19.0. The number of rotatable bonds is 6. The highest BCUT2D eigenvalue weighted by atomic mass is 16.5. The van der Waals surface area contributed by atoms with Gasteiger partial charge in [0.25, 0.3) is 0 Å². The van der Waals surface area contributed by atoms with E-state index in [2.05, 4.69) is 67.7 Å². The average molecular weight is 420 g/mol. The van der Waals surface area contributed by atoms with Gasteiger partial charge in [-0.15, -0.1) is 0 Å². The standard InChI is InChI=1S/C28H37NO2/c1-19(20-6-4-3-5-7-20)29-16-17-31-22-9-11-23-21(18-22)8-10-25-24(23)14-15-28(2)26(25)12-13-27(28)30/h3-7,9,11,18-19,24-27,29-30H,8,10,12-17H2,1-2H3/t19?,24-,25-,26+,27+,28+/m1/s1. The number of nitrogens with one attached hydrogen (secondary N) is 1. The molecule has 0 aliphatic heterocycles. The van der Waals surface area contributed by atoms with Gasteiger partial charge in [0.15, 0.2) is 0 Å². The van der Waals surface area contributed by atoms with Crippen LogP contribution in [0.3, 0.4) is 0 Å². The number of fused-ring (bicyclic) bond motifs is 5. The third kappa shape index (κ3) is 3.91. The first-order chi connectivity index (χ1) is 15.1. The molecule has 0 saturated heterocycles. The molecule has 31 heavy (non-hydrogen) atoms. The van der Waals surface area contributed by atoms with Crippen LogP contribution in [0.4, 0.5) is 0 Å². The number of aliphatic hydroxyl groups excluding tert-OH is 1. The Morgan fingerprint density at radius 2 is 1.94 bits per heavy atom. The van der Waals surface area contributed by atoms with E-state index in [1.165, 1.54) is 36.8 Å². The van der Waals surface area contributed by atoms with E-state index < -0.39 is 0 Å². The van der Waals surface area contributed by atoms with E-state index in [0.717, 1.165) is 31.1 Å². The van der Waals surface area contributed by atoms with Crippen molar-refractivity contribution >= 4 is 0 Å². The van der Waals surface area contributed by atoms with Gasteiger partial charge in [0, 0.05) is 12.6 Å². The van der Waals surface area contributed by atoms with E-state index in [4.69, 9.17) is 4.74 Å². The molecule has 1 unspecified atom stereocenters. The molecule has 5 rings (SSSR count). The Morgan fingerprint density at radius 1 is 1.10 bits per heavy atom. The summed E-state index contributed by atoms with van der Waals surface area (Å²) in [6, 6.07) is 17.7. The lowest BCUT2D eigenvalue weighted by Crippen LogP contribution is -2.43. The molecule has 2 aromatic rings. The molecule has 0 heterocycles. The average Bonchev–Trinajstić information content (AvgIpc) is 3.11. The fourth-order valence-corrected chi connectivity index (χ4v) is 6.92. The minimum Gasteiger partial charge on any atom is -0.492 e. The van der Waals surface area contributed by atoms with Crippen LogP contribution in [0.15, 0.2) is 48.5 Å². The molecule has 0 bridgehead atoms. The van der Waals surface area contributed by atoms with Gasteiger partial charge in [0.05, 0.1) is 6.10 Å². The maximum absolute atomic E-state index is 10.6. The molecular formula is C28H37NO2. The molecular weight excluding hydrogens is 382 g/mol. The fourth-order valence-electron chi connectivity index (χ4n) is 6.92. The highest BCUT2D eigenvalue weighted by molar-refractivity contribution is 5.40. The minimum absolute atomic E-state index is 0.0890. The first-order valence-corrected chi connectivity index (χ1v) is 12.3. The third-order valence-corrected chi connectivity index (χ3v) is 8.77. The molecule has 2 fully saturated rings. The monoisotopic (exact) mass is 419 g/mol. The first-order valence-electron chi connectivity index (χ1n) is 12.3. The summed E-state index contributed by atoms with van der Waals surface area (Å²) in [5, 5.41) is 14.1. The lowest BCUT2D eigenvalue weighted by Gasteiger charge is -2.50. The van der Waals surface area contributed by atoms with E-state index in [-0.39, 0.29) is 11.5 Å². The molecule has 3 aliphatic rings. The van der Waals surface area contributed by atoms with Crippen molar-refractivity contribution in [3.05, 3.63) is 65.2 Å². The van der Waals surface area contributed by atoms with Crippen LogP contribution < -0.4 is 10.1 Å². The summed E-state index contributed by atoms with van der Waals surface area (Å²) in [5.41, 5.74) is 4.52. The predicted octanol–water partition coefficient (Wildman–Crippen LogP) is 5.63. The minimum atomic E-state index is -0.0890. The van der Waals surface area contributed by atoms with Gasteiger partial charge in [-0.2, -0.15) is 0 Å². The van der Waals surface area contributed by atoms with Crippen LogP contribution in [-0.4, -0.2) is 24.4 Å². The van der Waals surface area contributed by atoms with Crippen molar-refractivity contribution in [2.45, 2.75) is 70.4 Å². The molecule has 2 saturated carbocycles. The van der Waals surface area contributed by atoms with E-state index in [1.54, 1.807) is 5.56 Å². The van der Waals surface area contributed by atoms with Crippen LogP contribution in [0, 0.1) is 17.3 Å². The Kier molecular flexibility index (Phi) is 5.83. The Labute approximate surface area is 187 Å². The van der Waals surface area contributed by atoms with E-state index in [1.807, 2.05) is 0 Å². The number of aliphatic hydroxyl groups is 1. The maximum Gasteiger partial charge on any atom is 0.119 e. The van der Waals surface area contributed by atoms with Gasteiger partial charge in [-0.05, 0) is 97.4 Å². The highest BCUT2D eigenvalue weighted by Gasteiger charge is 2.54. The summed E-state index contributed by atoms with van der Waals surface area (Å²) in [6.07, 6.45) is 6.94. The Morgan fingerprint density at radius 3 is 2.77 bits per heavy atom. The van der Waals surface area contributed by atoms with Gasteiger partial charge < -0.3 is 15.2 Å². The number of hydrogen-bond donors (Lipinski definition) is 2. The Bertz CT molecular complexity index is 897. The molecule has 166 valence electrons. The van der Waals surface area contributed by atoms with Crippen LogP contribution in [0.2, 0.25) is 0 Å². The maximum atomic E-state index is 10.6. The van der Waals surface area contributed by atoms with Gasteiger partial charge in [-0.3, -0.25) is 0 Å². The quantitative estimate of drug-likeness (QED) is 0.596. The van der Waals surface area contributed by atoms with Crippen LogP contribution in [0.5, 0.6) is 5.75 Å². The lowest BCUT2D eigenvalue weighted by molar-refractivity contribution is -0.0226. The van der Waals surface area contributed by atoms with E-state index in [9.17, 15) is 5.11 Å². The summed E-state index contributed by atoms with van der Waals surface area (Å²) in [4.78, 5) is 0. The normalized spacial score (nSPS) is 32.6. The first kappa shape index (κ1) is 21.0. The summed E-state index contributed by atoms with van der Waals surface area (Å²) < 4.78 is 6.10. The van der Waals surface area contributed by atoms with Gasteiger partial charge in [0.2, 0.25) is 0 Å². The second kappa shape index (κ2) is 8.60. The van der Waals surface area contributed by atoms with Gasteiger partial charge in [-0.25, -0.2) is 0 Å². The fraction of sp³-hybridized carbons (Fsp3) is 0.571. The summed E-state index contributed by atoms with van der Waals surface area (Å²) in [5.74, 6) is 3.12. The van der Waals surface area contributed by atoms with Crippen LogP contribution in [-0.2, 0) is 6.42 Å². The van der Waals surface area contributed by atoms with Crippen molar-refractivity contribution in [3.8, 4) is 5.75 Å². The molecule has 3 heteroatoms. The van der Waals surface area contributed by atoms with Crippen molar-refractivity contribution in [2.24, 2.45) is 17.3 Å². The predicted molar refractivity (Wildman–Crippen MR) is 125 cm³/mol. The van der Waals surface area contributed by atoms with Crippen LogP contribution in [0.25, 0.3) is 0 Å². The van der Waals surface area contributed by atoms with Crippen molar-refractivity contribution in [2.75, 3.05) is 13.2 Å². The molecule has 0 spiro atoms. The number of benzene rings is 2. The zero-order chi connectivity index (χ0) is 21.4. The number of ether oxygens (including phenoxy) is 1. The second-order valence-corrected chi connectivity index (χ2v) is 10.3. The largest absolute Gasteiger partial charge is 0.492 e. The van der Waals surface area contributed by atoms with E-state index >= 15 is 0 Å². The molecule has 0 radical (unpaired) electrons. The van der Waals surface area contributed by atoms with Crippen LogP contribution in [0.1, 0.15) is 74.6 Å². The molecule has 2 N–H and O–H groups in total. The van der Waals surface area contributed by atoms with Crippen molar-refractivity contribution in [1.82, 2.24) is 5.32 Å². The summed E-state index contributed by atoms with van der Waals surface area (Å²) >= 11 is 0. The van der Waals surface area contributed by atoms with E-state index in [0.29, 0.717) is 24.5 Å². The Balaban J connectivity index is 1.19. The van der Waals surface area contributed by atoms with Crippen molar-refractivity contribution in [1.29, 1.82) is 0 Å². The van der Waals surface area contributed by atoms with Crippen molar-refractivity contribution in [3.63, 3.8) is 0 Å². The number of aryl methyl sites for hydroxylation is 1. The van der Waals surface area contributed by atoms with Crippen molar-refractivity contribution < 1.29 is 9.84 Å². The van der Waals surface area contributed by atoms with Gasteiger partial charge in [-0.1, -0.05) is 43.3 Å². The molecule has 0 amide bonds.